The lowest BCUT2D eigenvalue weighted by molar-refractivity contribution is -0.134. The van der Waals surface area contributed by atoms with Crippen molar-refractivity contribution in [2.45, 2.75) is 6.54 Å². The molecule has 0 aromatic heterocycles. The van der Waals surface area contributed by atoms with E-state index in [1.807, 2.05) is 18.2 Å². The SMILES string of the molecule is COCC(=O)N(C)Cc1ccc(OC)c(OC)c1. The van der Waals surface area contributed by atoms with E-state index < -0.39 is 0 Å². The predicted molar refractivity (Wildman–Crippen MR) is 67.9 cm³/mol. The van der Waals surface area contributed by atoms with Gasteiger partial charge in [-0.25, -0.2) is 0 Å². The molecule has 0 unspecified atom stereocenters. The van der Waals surface area contributed by atoms with E-state index in [1.165, 1.54) is 7.11 Å². The normalized spacial score (nSPS) is 10.0. The van der Waals surface area contributed by atoms with Gasteiger partial charge in [0.1, 0.15) is 6.61 Å². The monoisotopic (exact) mass is 253 g/mol. The van der Waals surface area contributed by atoms with E-state index in [0.717, 1.165) is 5.56 Å². The van der Waals surface area contributed by atoms with Gasteiger partial charge >= 0.3 is 0 Å². The number of likely N-dealkylation sites (N-methyl/N-ethyl adjacent to an activating group) is 1. The summed E-state index contributed by atoms with van der Waals surface area (Å²) in [4.78, 5) is 13.2. The van der Waals surface area contributed by atoms with Crippen LogP contribution in [0.4, 0.5) is 0 Å². The standard InChI is InChI=1S/C13H19NO4/c1-14(13(15)9-16-2)8-10-5-6-11(17-3)12(7-10)18-4/h5-7H,8-9H2,1-4H3. The summed E-state index contributed by atoms with van der Waals surface area (Å²) in [6.45, 7) is 0.590. The van der Waals surface area contributed by atoms with Gasteiger partial charge in [0.2, 0.25) is 5.91 Å². The summed E-state index contributed by atoms with van der Waals surface area (Å²) < 4.78 is 15.2. The number of rotatable bonds is 6. The molecule has 5 heteroatoms. The van der Waals surface area contributed by atoms with Crippen LogP contribution < -0.4 is 9.47 Å². The number of nitrogens with zero attached hydrogens (tertiary/aromatic N) is 1. The molecule has 0 radical (unpaired) electrons. The summed E-state index contributed by atoms with van der Waals surface area (Å²) in [6.07, 6.45) is 0. The molecule has 0 aliphatic rings. The third-order valence-corrected chi connectivity index (χ3v) is 2.56. The molecule has 1 rings (SSSR count). The van der Waals surface area contributed by atoms with Gasteiger partial charge in [-0.2, -0.15) is 0 Å². The Labute approximate surface area is 107 Å². The minimum Gasteiger partial charge on any atom is -0.493 e. The summed E-state index contributed by atoms with van der Waals surface area (Å²) >= 11 is 0. The molecule has 0 fully saturated rings. The first kappa shape index (κ1) is 14.3. The molecule has 100 valence electrons. The van der Waals surface area contributed by atoms with Gasteiger partial charge in [0.05, 0.1) is 14.2 Å². The summed E-state index contributed by atoms with van der Waals surface area (Å²) in [5.41, 5.74) is 0.972. The average molecular weight is 253 g/mol. The molecular formula is C13H19NO4. The molecule has 0 heterocycles. The zero-order valence-corrected chi connectivity index (χ0v) is 11.2. The van der Waals surface area contributed by atoms with Crippen molar-refractivity contribution in [2.75, 3.05) is 35.0 Å². The number of methoxy groups -OCH3 is 3. The van der Waals surface area contributed by atoms with Gasteiger partial charge in [-0.3, -0.25) is 4.79 Å². The predicted octanol–water partition coefficient (Wildman–Crippen LogP) is 1.31. The summed E-state index contributed by atoms with van der Waals surface area (Å²) in [7, 11) is 6.41. The molecule has 0 aliphatic heterocycles. The Kier molecular flexibility index (Phi) is 5.45. The molecule has 1 amide bonds. The van der Waals surface area contributed by atoms with Crippen molar-refractivity contribution in [2.24, 2.45) is 0 Å². The van der Waals surface area contributed by atoms with Crippen LogP contribution >= 0.6 is 0 Å². The Morgan fingerprint density at radius 2 is 1.83 bits per heavy atom. The Hall–Kier alpha value is -1.75. The highest BCUT2D eigenvalue weighted by Crippen LogP contribution is 2.27. The lowest BCUT2D eigenvalue weighted by Crippen LogP contribution is -2.29. The van der Waals surface area contributed by atoms with Crippen LogP contribution in [0.15, 0.2) is 18.2 Å². The lowest BCUT2D eigenvalue weighted by atomic mass is 10.2. The maximum absolute atomic E-state index is 11.6. The van der Waals surface area contributed by atoms with Crippen molar-refractivity contribution in [1.29, 1.82) is 0 Å². The molecule has 5 nitrogen and oxygen atoms in total. The topological polar surface area (TPSA) is 48.0 Å². The molecule has 18 heavy (non-hydrogen) atoms. The number of ether oxygens (including phenoxy) is 3. The second-order valence-electron chi connectivity index (χ2n) is 3.87. The minimum absolute atomic E-state index is 0.0627. The molecule has 0 saturated heterocycles. The molecule has 1 aromatic carbocycles. The van der Waals surface area contributed by atoms with Crippen molar-refractivity contribution in [3.8, 4) is 11.5 Å². The van der Waals surface area contributed by atoms with E-state index in [-0.39, 0.29) is 12.5 Å². The lowest BCUT2D eigenvalue weighted by Gasteiger charge is -2.17. The molecule has 0 saturated carbocycles. The molecule has 0 N–H and O–H groups in total. The van der Waals surface area contributed by atoms with Crippen molar-refractivity contribution in [1.82, 2.24) is 4.90 Å². The summed E-state index contributed by atoms with van der Waals surface area (Å²) in [5.74, 6) is 1.27. The number of benzene rings is 1. The van der Waals surface area contributed by atoms with Gasteiger partial charge in [0.15, 0.2) is 11.5 Å². The van der Waals surface area contributed by atoms with Gasteiger partial charge in [-0.05, 0) is 17.7 Å². The van der Waals surface area contributed by atoms with Crippen molar-refractivity contribution in [3.63, 3.8) is 0 Å². The first-order chi connectivity index (χ1) is 8.62. The van der Waals surface area contributed by atoms with Gasteiger partial charge in [0.25, 0.3) is 0 Å². The highest BCUT2D eigenvalue weighted by atomic mass is 16.5. The quantitative estimate of drug-likeness (QED) is 0.767. The number of hydrogen-bond donors (Lipinski definition) is 0. The Balaban J connectivity index is 2.76. The smallest absolute Gasteiger partial charge is 0.248 e. The number of carbonyl (C=O) groups excluding carboxylic acids is 1. The number of carbonyl (C=O) groups is 1. The van der Waals surface area contributed by atoms with Gasteiger partial charge in [-0.15, -0.1) is 0 Å². The van der Waals surface area contributed by atoms with Crippen molar-refractivity contribution >= 4 is 5.91 Å². The third-order valence-electron chi connectivity index (χ3n) is 2.56. The van der Waals surface area contributed by atoms with Gasteiger partial charge in [0, 0.05) is 20.7 Å². The van der Waals surface area contributed by atoms with E-state index in [1.54, 1.807) is 26.2 Å². The highest BCUT2D eigenvalue weighted by molar-refractivity contribution is 5.77. The van der Waals surface area contributed by atoms with Crippen LogP contribution in [0.2, 0.25) is 0 Å². The second-order valence-corrected chi connectivity index (χ2v) is 3.87. The molecular weight excluding hydrogens is 234 g/mol. The zero-order valence-electron chi connectivity index (χ0n) is 11.2. The fraction of sp³-hybridized carbons (Fsp3) is 0.462. The van der Waals surface area contributed by atoms with Crippen LogP contribution in [0, 0.1) is 0 Å². The number of hydrogen-bond acceptors (Lipinski definition) is 4. The second kappa shape index (κ2) is 6.86. The Morgan fingerprint density at radius 1 is 1.17 bits per heavy atom. The maximum atomic E-state index is 11.6. The van der Waals surface area contributed by atoms with Crippen LogP contribution in [0.3, 0.4) is 0 Å². The number of amides is 1. The fourth-order valence-corrected chi connectivity index (χ4v) is 1.57. The largest absolute Gasteiger partial charge is 0.493 e. The van der Waals surface area contributed by atoms with Gasteiger partial charge < -0.3 is 19.1 Å². The summed E-state index contributed by atoms with van der Waals surface area (Å²) in [5, 5.41) is 0. The Morgan fingerprint density at radius 3 is 2.39 bits per heavy atom. The molecule has 0 bridgehead atoms. The van der Waals surface area contributed by atoms with Gasteiger partial charge in [-0.1, -0.05) is 6.07 Å². The van der Waals surface area contributed by atoms with Crippen LogP contribution in [-0.4, -0.2) is 45.8 Å². The van der Waals surface area contributed by atoms with E-state index in [0.29, 0.717) is 18.0 Å². The van der Waals surface area contributed by atoms with Crippen LogP contribution in [-0.2, 0) is 16.1 Å². The van der Waals surface area contributed by atoms with E-state index in [9.17, 15) is 4.79 Å². The van der Waals surface area contributed by atoms with Crippen LogP contribution in [0.5, 0.6) is 11.5 Å². The fourth-order valence-electron chi connectivity index (χ4n) is 1.57. The highest BCUT2D eigenvalue weighted by Gasteiger charge is 2.10. The maximum Gasteiger partial charge on any atom is 0.248 e. The first-order valence-corrected chi connectivity index (χ1v) is 5.56. The molecule has 1 aromatic rings. The average Bonchev–Trinajstić information content (AvgIpc) is 2.38. The Bertz CT molecular complexity index is 406. The van der Waals surface area contributed by atoms with E-state index in [2.05, 4.69) is 0 Å². The molecule has 0 spiro atoms. The minimum atomic E-state index is -0.0627. The van der Waals surface area contributed by atoms with E-state index in [4.69, 9.17) is 14.2 Å². The molecule has 0 atom stereocenters. The first-order valence-electron chi connectivity index (χ1n) is 5.56. The van der Waals surface area contributed by atoms with Crippen molar-refractivity contribution in [3.05, 3.63) is 23.8 Å². The van der Waals surface area contributed by atoms with Crippen molar-refractivity contribution < 1.29 is 19.0 Å². The summed E-state index contributed by atoms with van der Waals surface area (Å²) in [6, 6.07) is 5.58. The third kappa shape index (κ3) is 3.63. The van der Waals surface area contributed by atoms with Crippen LogP contribution in [0.25, 0.3) is 0 Å². The van der Waals surface area contributed by atoms with E-state index >= 15 is 0 Å². The molecule has 0 aliphatic carbocycles. The van der Waals surface area contributed by atoms with Crippen LogP contribution in [0.1, 0.15) is 5.56 Å². The zero-order chi connectivity index (χ0) is 13.5.